The number of fused-ring (bicyclic) bond motifs is 1. The fourth-order valence-electron chi connectivity index (χ4n) is 5.00. The monoisotopic (exact) mass is 528 g/mol. The molecule has 2 heterocycles. The molecule has 0 spiro atoms. The van der Waals surface area contributed by atoms with Crippen LogP contribution < -0.4 is 14.9 Å². The summed E-state index contributed by atoms with van der Waals surface area (Å²) in [5.41, 5.74) is 6.42. The Labute approximate surface area is 223 Å². The summed E-state index contributed by atoms with van der Waals surface area (Å²) in [5, 5.41) is 1.08. The zero-order chi connectivity index (χ0) is 24.6. The van der Waals surface area contributed by atoms with Crippen molar-refractivity contribution < 1.29 is 0 Å². The standard InChI is InChI=1S/C30H22Cl2N2OS/c31-23-15-14-21(25(32)18-23)17-26-29(35)34-28(20-10-5-2-6-11-20)24-13-7-12-22(27(24)33-30(34)36-26)16-19-8-3-1-4-9-19/h1-6,8-11,14-18,28H,7,12-13H2/b22-16-,26-17-/t28-/m0/s1. The van der Waals surface area contributed by atoms with Crippen LogP contribution in [0, 0.1) is 0 Å². The number of allylic oxidation sites excluding steroid dienone is 2. The van der Waals surface area contributed by atoms with Gasteiger partial charge in [0.05, 0.1) is 16.3 Å². The molecule has 0 radical (unpaired) electrons. The minimum Gasteiger partial charge on any atom is -0.272 e. The van der Waals surface area contributed by atoms with E-state index in [0.717, 1.165) is 41.6 Å². The molecule has 1 aliphatic carbocycles. The first-order valence-electron chi connectivity index (χ1n) is 11.9. The summed E-state index contributed by atoms with van der Waals surface area (Å²) in [7, 11) is 0. The molecule has 1 aliphatic heterocycles. The predicted molar refractivity (Wildman–Crippen MR) is 149 cm³/mol. The van der Waals surface area contributed by atoms with Crippen LogP contribution in [-0.2, 0) is 0 Å². The number of hydrogen-bond acceptors (Lipinski definition) is 3. The Balaban J connectivity index is 1.59. The molecule has 3 aromatic carbocycles. The van der Waals surface area contributed by atoms with Crippen LogP contribution >= 0.6 is 34.5 Å². The van der Waals surface area contributed by atoms with E-state index in [9.17, 15) is 4.79 Å². The summed E-state index contributed by atoms with van der Waals surface area (Å²) < 4.78 is 2.47. The van der Waals surface area contributed by atoms with Crippen LogP contribution in [0.5, 0.6) is 0 Å². The largest absolute Gasteiger partial charge is 0.272 e. The lowest BCUT2D eigenvalue weighted by Crippen LogP contribution is -2.39. The lowest BCUT2D eigenvalue weighted by molar-refractivity contribution is 0.553. The highest BCUT2D eigenvalue weighted by Gasteiger charge is 2.32. The number of nitrogens with zero attached hydrogens (tertiary/aromatic N) is 2. The SMILES string of the molecule is O=c1/c(=C/c2ccc(Cl)cc2Cl)sc2n1[C@@H](c1ccccc1)C1=C(N=2)/C(=C\c2ccccc2)CCC1. The fraction of sp³-hybridized carbons (Fsp3) is 0.133. The van der Waals surface area contributed by atoms with Crippen molar-refractivity contribution in [3.05, 3.63) is 142 Å². The van der Waals surface area contributed by atoms with Crippen molar-refractivity contribution >= 4 is 46.7 Å². The van der Waals surface area contributed by atoms with Crippen molar-refractivity contribution in [3.8, 4) is 0 Å². The molecule has 6 heteroatoms. The maximum atomic E-state index is 13.8. The topological polar surface area (TPSA) is 34.4 Å². The van der Waals surface area contributed by atoms with Crippen LogP contribution in [0.2, 0.25) is 10.0 Å². The lowest BCUT2D eigenvalue weighted by atomic mass is 9.84. The summed E-state index contributed by atoms with van der Waals surface area (Å²) >= 11 is 13.9. The summed E-state index contributed by atoms with van der Waals surface area (Å²) in [6.45, 7) is 0. The Morgan fingerprint density at radius 1 is 0.917 bits per heavy atom. The summed E-state index contributed by atoms with van der Waals surface area (Å²) in [4.78, 5) is 19.6. The van der Waals surface area contributed by atoms with Gasteiger partial charge >= 0.3 is 0 Å². The van der Waals surface area contributed by atoms with Gasteiger partial charge in [0.2, 0.25) is 0 Å². The highest BCUT2D eigenvalue weighted by atomic mass is 35.5. The van der Waals surface area contributed by atoms with E-state index in [2.05, 4.69) is 42.5 Å². The first-order valence-corrected chi connectivity index (χ1v) is 13.5. The van der Waals surface area contributed by atoms with Gasteiger partial charge in [-0.05, 0) is 71.4 Å². The molecule has 0 amide bonds. The number of aromatic nitrogens is 1. The van der Waals surface area contributed by atoms with Gasteiger partial charge in [0.1, 0.15) is 0 Å². The van der Waals surface area contributed by atoms with Gasteiger partial charge in [-0.2, -0.15) is 0 Å². The van der Waals surface area contributed by atoms with Crippen LogP contribution in [0.3, 0.4) is 0 Å². The van der Waals surface area contributed by atoms with E-state index in [-0.39, 0.29) is 11.6 Å². The van der Waals surface area contributed by atoms with Crippen LogP contribution in [0.1, 0.15) is 42.0 Å². The molecular weight excluding hydrogens is 507 g/mol. The summed E-state index contributed by atoms with van der Waals surface area (Å²) in [6, 6.07) is 25.8. The molecule has 0 N–H and O–H groups in total. The molecule has 0 saturated carbocycles. The summed E-state index contributed by atoms with van der Waals surface area (Å²) in [6.07, 6.45) is 6.99. The minimum absolute atomic E-state index is 0.0515. The average molecular weight is 529 g/mol. The van der Waals surface area contributed by atoms with Gasteiger partial charge in [-0.25, -0.2) is 4.99 Å². The Bertz CT molecular complexity index is 1700. The van der Waals surface area contributed by atoms with Crippen LogP contribution in [0.25, 0.3) is 12.2 Å². The van der Waals surface area contributed by atoms with E-state index >= 15 is 0 Å². The van der Waals surface area contributed by atoms with E-state index in [1.54, 1.807) is 12.1 Å². The molecule has 0 saturated heterocycles. The van der Waals surface area contributed by atoms with Gasteiger partial charge in [0.25, 0.3) is 5.56 Å². The molecule has 6 rings (SSSR count). The van der Waals surface area contributed by atoms with E-state index in [1.165, 1.54) is 22.5 Å². The molecule has 3 nitrogen and oxygen atoms in total. The Morgan fingerprint density at radius 2 is 1.67 bits per heavy atom. The van der Waals surface area contributed by atoms with Crippen LogP contribution in [0.4, 0.5) is 0 Å². The summed E-state index contributed by atoms with van der Waals surface area (Å²) in [5.74, 6) is 0. The zero-order valence-electron chi connectivity index (χ0n) is 19.3. The van der Waals surface area contributed by atoms with Crippen molar-refractivity contribution in [1.29, 1.82) is 0 Å². The van der Waals surface area contributed by atoms with Crippen molar-refractivity contribution in [2.75, 3.05) is 0 Å². The number of rotatable bonds is 3. The van der Waals surface area contributed by atoms with Gasteiger partial charge in [-0.3, -0.25) is 9.36 Å². The van der Waals surface area contributed by atoms with Gasteiger partial charge in [-0.1, -0.05) is 101 Å². The molecule has 4 aromatic rings. The molecule has 0 unspecified atom stereocenters. The molecule has 178 valence electrons. The van der Waals surface area contributed by atoms with E-state index in [0.29, 0.717) is 19.4 Å². The first kappa shape index (κ1) is 23.2. The van der Waals surface area contributed by atoms with Crippen LogP contribution in [-0.4, -0.2) is 4.57 Å². The molecule has 1 aromatic heterocycles. The minimum atomic E-state index is -0.181. The van der Waals surface area contributed by atoms with Crippen molar-refractivity contribution in [2.24, 2.45) is 4.99 Å². The fourth-order valence-corrected chi connectivity index (χ4v) is 6.46. The van der Waals surface area contributed by atoms with Gasteiger partial charge in [0.15, 0.2) is 4.80 Å². The number of benzene rings is 3. The zero-order valence-corrected chi connectivity index (χ0v) is 21.7. The maximum absolute atomic E-state index is 13.8. The predicted octanol–water partition coefficient (Wildman–Crippen LogP) is 6.79. The van der Waals surface area contributed by atoms with Gasteiger partial charge in [0, 0.05) is 10.0 Å². The van der Waals surface area contributed by atoms with E-state index < -0.39 is 0 Å². The molecule has 0 bridgehead atoms. The highest BCUT2D eigenvalue weighted by molar-refractivity contribution is 7.07. The Kier molecular flexibility index (Phi) is 6.26. The smallest absolute Gasteiger partial charge is 0.271 e. The Hall–Kier alpha value is -3.18. The lowest BCUT2D eigenvalue weighted by Gasteiger charge is -2.31. The third kappa shape index (κ3) is 4.30. The van der Waals surface area contributed by atoms with E-state index in [1.807, 2.05) is 41.0 Å². The molecule has 36 heavy (non-hydrogen) atoms. The maximum Gasteiger partial charge on any atom is 0.271 e. The molecule has 2 aliphatic rings. The van der Waals surface area contributed by atoms with Gasteiger partial charge in [-0.15, -0.1) is 0 Å². The number of thiazole rings is 1. The second-order valence-electron chi connectivity index (χ2n) is 8.97. The first-order chi connectivity index (χ1) is 17.6. The highest BCUT2D eigenvalue weighted by Crippen LogP contribution is 2.41. The normalized spacial score (nSPS) is 18.7. The third-order valence-corrected chi connectivity index (χ3v) is 8.18. The Morgan fingerprint density at radius 3 is 2.42 bits per heavy atom. The quantitative estimate of drug-likeness (QED) is 0.288. The molecular formula is C30H22Cl2N2OS. The third-order valence-electron chi connectivity index (χ3n) is 6.64. The van der Waals surface area contributed by atoms with E-state index in [4.69, 9.17) is 28.2 Å². The average Bonchev–Trinajstić information content (AvgIpc) is 3.20. The van der Waals surface area contributed by atoms with Crippen LogP contribution in [0.15, 0.2) is 105 Å². The number of hydrogen-bond donors (Lipinski definition) is 0. The second-order valence-corrected chi connectivity index (χ2v) is 10.8. The number of halogens is 2. The molecule has 0 fully saturated rings. The van der Waals surface area contributed by atoms with Gasteiger partial charge < -0.3 is 0 Å². The molecule has 1 atom stereocenters. The van der Waals surface area contributed by atoms with Crippen molar-refractivity contribution in [1.82, 2.24) is 4.57 Å². The van der Waals surface area contributed by atoms with Crippen molar-refractivity contribution in [2.45, 2.75) is 25.3 Å². The van der Waals surface area contributed by atoms with Crippen molar-refractivity contribution in [3.63, 3.8) is 0 Å². The second kappa shape index (κ2) is 9.70.